The molecule has 4 rings (SSSR count). The number of carboxylic acids is 1. The molecule has 0 spiro atoms. The molecule has 1 N–H and O–H groups in total. The molecule has 1 amide bonds. The molecule has 8 heteroatoms. The Bertz CT molecular complexity index is 745. The van der Waals surface area contributed by atoms with Crippen molar-refractivity contribution in [1.29, 1.82) is 0 Å². The van der Waals surface area contributed by atoms with Gasteiger partial charge < -0.3 is 14.7 Å². The van der Waals surface area contributed by atoms with Crippen molar-refractivity contribution in [3.63, 3.8) is 0 Å². The molecule has 1 aromatic rings. The van der Waals surface area contributed by atoms with Crippen LogP contribution in [-0.2, 0) is 16.1 Å². The Balaban J connectivity index is 1.23. The third kappa shape index (κ3) is 5.56. The van der Waals surface area contributed by atoms with Crippen LogP contribution in [0, 0.1) is 5.92 Å². The van der Waals surface area contributed by atoms with Gasteiger partial charge in [0, 0.05) is 39.3 Å². The molecule has 1 aromatic carbocycles. The van der Waals surface area contributed by atoms with Crippen LogP contribution in [-0.4, -0.2) is 101 Å². The topological polar surface area (TPSA) is 76.6 Å². The molecule has 0 aromatic heterocycles. The second-order valence-electron chi connectivity index (χ2n) is 9.08. The SMILES string of the molecule is CC1C(N2CCN(CC(=O)O)CC2)OC(=O)N1CC1CCN(Cc2ccccc2)CC1. The third-order valence-corrected chi connectivity index (χ3v) is 6.90. The summed E-state index contributed by atoms with van der Waals surface area (Å²) in [6.45, 7) is 8.84. The van der Waals surface area contributed by atoms with E-state index in [1.165, 1.54) is 5.56 Å². The van der Waals surface area contributed by atoms with E-state index in [-0.39, 0.29) is 24.9 Å². The van der Waals surface area contributed by atoms with Crippen molar-refractivity contribution in [2.24, 2.45) is 5.92 Å². The molecule has 3 fully saturated rings. The summed E-state index contributed by atoms with van der Waals surface area (Å²) in [4.78, 5) is 32.0. The number of benzene rings is 1. The first-order valence-corrected chi connectivity index (χ1v) is 11.4. The zero-order valence-corrected chi connectivity index (χ0v) is 18.4. The average Bonchev–Trinajstić information content (AvgIpc) is 3.04. The van der Waals surface area contributed by atoms with Gasteiger partial charge in [0.1, 0.15) is 0 Å². The number of aliphatic carboxylic acids is 1. The van der Waals surface area contributed by atoms with E-state index in [1.54, 1.807) is 0 Å². The first-order chi connectivity index (χ1) is 15.0. The number of carbonyl (C=O) groups excluding carboxylic acids is 1. The molecule has 170 valence electrons. The van der Waals surface area contributed by atoms with Gasteiger partial charge in [0.15, 0.2) is 6.23 Å². The number of rotatable bonds is 7. The van der Waals surface area contributed by atoms with Crippen LogP contribution in [0.2, 0.25) is 0 Å². The van der Waals surface area contributed by atoms with Crippen molar-refractivity contribution in [2.75, 3.05) is 52.4 Å². The normalized spacial score (nSPS) is 26.9. The minimum absolute atomic E-state index is 0.0147. The molecule has 2 unspecified atom stereocenters. The van der Waals surface area contributed by atoms with Crippen LogP contribution >= 0.6 is 0 Å². The molecule has 8 nitrogen and oxygen atoms in total. The number of likely N-dealkylation sites (tertiary alicyclic amines) is 1. The van der Waals surface area contributed by atoms with E-state index in [1.807, 2.05) is 9.80 Å². The summed E-state index contributed by atoms with van der Waals surface area (Å²) in [5.41, 5.74) is 1.35. The van der Waals surface area contributed by atoms with E-state index in [9.17, 15) is 9.59 Å². The summed E-state index contributed by atoms with van der Waals surface area (Å²) in [6, 6.07) is 10.6. The quantitative estimate of drug-likeness (QED) is 0.706. The highest BCUT2D eigenvalue weighted by atomic mass is 16.6. The lowest BCUT2D eigenvalue weighted by atomic mass is 9.95. The van der Waals surface area contributed by atoms with Crippen LogP contribution in [0.4, 0.5) is 4.79 Å². The minimum Gasteiger partial charge on any atom is -0.480 e. The highest BCUT2D eigenvalue weighted by molar-refractivity contribution is 5.70. The van der Waals surface area contributed by atoms with Gasteiger partial charge in [-0.2, -0.15) is 0 Å². The third-order valence-electron chi connectivity index (χ3n) is 6.90. The van der Waals surface area contributed by atoms with Crippen molar-refractivity contribution in [3.05, 3.63) is 35.9 Å². The summed E-state index contributed by atoms with van der Waals surface area (Å²) in [5.74, 6) is -0.289. The molecule has 3 heterocycles. The van der Waals surface area contributed by atoms with Gasteiger partial charge in [0.2, 0.25) is 0 Å². The molecule has 2 atom stereocenters. The molecular formula is C23H34N4O4. The number of hydrogen-bond donors (Lipinski definition) is 1. The van der Waals surface area contributed by atoms with Crippen LogP contribution in [0.1, 0.15) is 25.3 Å². The predicted octanol–water partition coefficient (Wildman–Crippen LogP) is 1.77. The minimum atomic E-state index is -0.796. The lowest BCUT2D eigenvalue weighted by Crippen LogP contribution is -2.54. The Hall–Kier alpha value is -2.16. The monoisotopic (exact) mass is 430 g/mol. The number of cyclic esters (lactones) is 1. The fraction of sp³-hybridized carbons (Fsp3) is 0.652. The molecule has 0 radical (unpaired) electrons. The van der Waals surface area contributed by atoms with Gasteiger partial charge in [-0.25, -0.2) is 4.79 Å². The maximum Gasteiger partial charge on any atom is 0.411 e. The van der Waals surface area contributed by atoms with E-state index < -0.39 is 5.97 Å². The predicted molar refractivity (Wildman–Crippen MR) is 117 cm³/mol. The average molecular weight is 431 g/mol. The summed E-state index contributed by atoms with van der Waals surface area (Å²) >= 11 is 0. The highest BCUT2D eigenvalue weighted by Crippen LogP contribution is 2.27. The zero-order chi connectivity index (χ0) is 21.8. The number of piperazine rings is 1. The van der Waals surface area contributed by atoms with Gasteiger partial charge >= 0.3 is 12.1 Å². The van der Waals surface area contributed by atoms with Gasteiger partial charge in [-0.1, -0.05) is 30.3 Å². The molecule has 0 saturated carbocycles. The van der Waals surface area contributed by atoms with E-state index in [4.69, 9.17) is 9.84 Å². The van der Waals surface area contributed by atoms with Crippen molar-refractivity contribution in [3.8, 4) is 0 Å². The summed E-state index contributed by atoms with van der Waals surface area (Å²) in [7, 11) is 0. The van der Waals surface area contributed by atoms with Gasteiger partial charge in [-0.05, 0) is 44.3 Å². The maximum absolute atomic E-state index is 12.6. The second kappa shape index (κ2) is 9.97. The van der Waals surface area contributed by atoms with Gasteiger partial charge in [-0.15, -0.1) is 0 Å². The van der Waals surface area contributed by atoms with Crippen molar-refractivity contribution in [2.45, 2.75) is 38.6 Å². The number of nitrogens with zero attached hydrogens (tertiary/aromatic N) is 4. The fourth-order valence-electron chi connectivity index (χ4n) is 5.02. The Morgan fingerprint density at radius 2 is 1.71 bits per heavy atom. The number of amides is 1. The maximum atomic E-state index is 12.6. The molecule has 3 aliphatic heterocycles. The Morgan fingerprint density at radius 3 is 2.35 bits per heavy atom. The van der Waals surface area contributed by atoms with E-state index in [0.717, 1.165) is 52.1 Å². The van der Waals surface area contributed by atoms with Crippen molar-refractivity contribution < 1.29 is 19.4 Å². The smallest absolute Gasteiger partial charge is 0.411 e. The molecular weight excluding hydrogens is 396 g/mol. The van der Waals surface area contributed by atoms with Crippen LogP contribution in [0.15, 0.2) is 30.3 Å². The van der Waals surface area contributed by atoms with E-state index >= 15 is 0 Å². The molecule has 0 bridgehead atoms. The summed E-state index contributed by atoms with van der Waals surface area (Å²) in [5, 5.41) is 8.97. The number of hydrogen-bond acceptors (Lipinski definition) is 6. The lowest BCUT2D eigenvalue weighted by Gasteiger charge is -2.38. The first kappa shape index (κ1) is 22.0. The second-order valence-corrected chi connectivity index (χ2v) is 9.08. The Kier molecular flexibility index (Phi) is 7.09. The van der Waals surface area contributed by atoms with Gasteiger partial charge in [0.05, 0.1) is 12.6 Å². The lowest BCUT2D eigenvalue weighted by molar-refractivity contribution is -0.139. The number of piperidine rings is 1. The van der Waals surface area contributed by atoms with Crippen molar-refractivity contribution in [1.82, 2.24) is 19.6 Å². The van der Waals surface area contributed by atoms with E-state index in [0.29, 0.717) is 19.0 Å². The van der Waals surface area contributed by atoms with Crippen LogP contribution in [0.25, 0.3) is 0 Å². The Labute approximate surface area is 184 Å². The molecule has 31 heavy (non-hydrogen) atoms. The molecule has 3 saturated heterocycles. The van der Waals surface area contributed by atoms with Crippen LogP contribution < -0.4 is 0 Å². The standard InChI is InChI=1S/C23H34N4O4/c1-18-22(26-13-11-25(12-14-26)17-21(28)29)31-23(30)27(18)16-20-7-9-24(10-8-20)15-19-5-3-2-4-6-19/h2-6,18,20,22H,7-17H2,1H3,(H,28,29). The van der Waals surface area contributed by atoms with Gasteiger partial charge in [0.25, 0.3) is 0 Å². The highest BCUT2D eigenvalue weighted by Gasteiger charge is 2.43. The molecule has 0 aliphatic carbocycles. The number of ether oxygens (including phenoxy) is 1. The number of carbonyl (C=O) groups is 2. The zero-order valence-electron chi connectivity index (χ0n) is 18.4. The first-order valence-electron chi connectivity index (χ1n) is 11.4. The summed E-state index contributed by atoms with van der Waals surface area (Å²) < 4.78 is 5.75. The van der Waals surface area contributed by atoms with Gasteiger partial charge in [-0.3, -0.25) is 19.5 Å². The van der Waals surface area contributed by atoms with E-state index in [2.05, 4.69) is 47.1 Å². The molecule has 3 aliphatic rings. The van der Waals surface area contributed by atoms with Crippen molar-refractivity contribution >= 4 is 12.1 Å². The fourth-order valence-corrected chi connectivity index (χ4v) is 5.02. The summed E-state index contributed by atoms with van der Waals surface area (Å²) in [6.07, 6.45) is 1.75. The number of carboxylic acid groups (broad SMARTS) is 1. The largest absolute Gasteiger partial charge is 0.480 e. The van der Waals surface area contributed by atoms with Crippen LogP contribution in [0.5, 0.6) is 0 Å². The van der Waals surface area contributed by atoms with Crippen LogP contribution in [0.3, 0.4) is 0 Å². The Morgan fingerprint density at radius 1 is 1.03 bits per heavy atom.